The van der Waals surface area contributed by atoms with Gasteiger partial charge in [-0.1, -0.05) is 0 Å². The molecule has 1 aliphatic heterocycles. The molecule has 2 amide bonds. The SMILES string of the molecule is O=C1CC(C(=O)Nc2ccc(-n3nccn3)cc2)CN1. The normalized spacial score (nSPS) is 17.8. The van der Waals surface area contributed by atoms with Crippen LogP contribution in [0.1, 0.15) is 6.42 Å². The van der Waals surface area contributed by atoms with Crippen LogP contribution in [0, 0.1) is 5.92 Å². The van der Waals surface area contributed by atoms with Gasteiger partial charge in [-0.05, 0) is 24.3 Å². The molecule has 0 spiro atoms. The molecule has 0 radical (unpaired) electrons. The second kappa shape index (κ2) is 5.12. The summed E-state index contributed by atoms with van der Waals surface area (Å²) in [5, 5.41) is 13.5. The van der Waals surface area contributed by atoms with E-state index in [1.54, 1.807) is 24.5 Å². The van der Waals surface area contributed by atoms with Crippen LogP contribution in [0.2, 0.25) is 0 Å². The van der Waals surface area contributed by atoms with Gasteiger partial charge in [-0.15, -0.1) is 0 Å². The number of anilines is 1. The monoisotopic (exact) mass is 271 g/mol. The number of aromatic nitrogens is 3. The van der Waals surface area contributed by atoms with Crippen LogP contribution in [0.25, 0.3) is 5.69 Å². The Morgan fingerprint density at radius 1 is 1.25 bits per heavy atom. The zero-order valence-corrected chi connectivity index (χ0v) is 10.6. The maximum absolute atomic E-state index is 11.9. The van der Waals surface area contributed by atoms with Gasteiger partial charge < -0.3 is 10.6 Å². The highest BCUT2D eigenvalue weighted by Crippen LogP contribution is 2.15. The van der Waals surface area contributed by atoms with Crippen LogP contribution in [0.3, 0.4) is 0 Å². The first kappa shape index (κ1) is 12.3. The second-order valence-electron chi connectivity index (χ2n) is 4.56. The highest BCUT2D eigenvalue weighted by molar-refractivity contribution is 5.97. The molecule has 0 saturated carbocycles. The van der Waals surface area contributed by atoms with E-state index in [1.165, 1.54) is 4.80 Å². The fraction of sp³-hybridized carbons (Fsp3) is 0.231. The largest absolute Gasteiger partial charge is 0.355 e. The summed E-state index contributed by atoms with van der Waals surface area (Å²) in [7, 11) is 0. The van der Waals surface area contributed by atoms with Gasteiger partial charge in [-0.2, -0.15) is 15.0 Å². The van der Waals surface area contributed by atoms with Gasteiger partial charge in [0, 0.05) is 18.7 Å². The van der Waals surface area contributed by atoms with E-state index >= 15 is 0 Å². The Balaban J connectivity index is 1.66. The lowest BCUT2D eigenvalue weighted by Crippen LogP contribution is -2.24. The van der Waals surface area contributed by atoms with Crippen molar-refractivity contribution in [2.75, 3.05) is 11.9 Å². The molecule has 20 heavy (non-hydrogen) atoms. The first-order valence-corrected chi connectivity index (χ1v) is 6.27. The highest BCUT2D eigenvalue weighted by atomic mass is 16.2. The maximum Gasteiger partial charge on any atom is 0.229 e. The lowest BCUT2D eigenvalue weighted by atomic mass is 10.1. The van der Waals surface area contributed by atoms with Gasteiger partial charge in [0.25, 0.3) is 0 Å². The number of nitrogens with zero attached hydrogens (tertiary/aromatic N) is 3. The minimum Gasteiger partial charge on any atom is -0.355 e. The molecule has 1 aliphatic rings. The van der Waals surface area contributed by atoms with Crippen molar-refractivity contribution in [2.45, 2.75) is 6.42 Å². The predicted octanol–water partition coefficient (Wildman–Crippen LogP) is 0.342. The quantitative estimate of drug-likeness (QED) is 0.842. The van der Waals surface area contributed by atoms with Crippen LogP contribution in [-0.2, 0) is 9.59 Å². The molecule has 7 nitrogen and oxygen atoms in total. The van der Waals surface area contributed by atoms with Crippen molar-refractivity contribution in [3.05, 3.63) is 36.7 Å². The summed E-state index contributed by atoms with van der Waals surface area (Å²) in [4.78, 5) is 24.5. The van der Waals surface area contributed by atoms with Gasteiger partial charge in [0.05, 0.1) is 24.0 Å². The van der Waals surface area contributed by atoms with Crippen LogP contribution in [0.5, 0.6) is 0 Å². The van der Waals surface area contributed by atoms with Crippen molar-refractivity contribution < 1.29 is 9.59 Å². The summed E-state index contributed by atoms with van der Waals surface area (Å²) >= 11 is 0. The number of benzene rings is 1. The summed E-state index contributed by atoms with van der Waals surface area (Å²) in [6, 6.07) is 7.18. The third-order valence-corrected chi connectivity index (χ3v) is 3.13. The van der Waals surface area contributed by atoms with Gasteiger partial charge in [0.1, 0.15) is 0 Å². The molecular weight excluding hydrogens is 258 g/mol. The lowest BCUT2D eigenvalue weighted by molar-refractivity contribution is -0.123. The molecule has 1 saturated heterocycles. The summed E-state index contributed by atoms with van der Waals surface area (Å²) in [6.45, 7) is 0.403. The topological polar surface area (TPSA) is 88.9 Å². The van der Waals surface area contributed by atoms with Crippen molar-refractivity contribution in [3.63, 3.8) is 0 Å². The number of hydrogen-bond acceptors (Lipinski definition) is 4. The summed E-state index contributed by atoms with van der Waals surface area (Å²) in [5.41, 5.74) is 1.50. The molecule has 7 heteroatoms. The van der Waals surface area contributed by atoms with E-state index < -0.39 is 0 Å². The van der Waals surface area contributed by atoms with Gasteiger partial charge in [-0.3, -0.25) is 9.59 Å². The highest BCUT2D eigenvalue weighted by Gasteiger charge is 2.27. The molecule has 2 heterocycles. The zero-order chi connectivity index (χ0) is 13.9. The zero-order valence-electron chi connectivity index (χ0n) is 10.6. The molecule has 1 unspecified atom stereocenters. The predicted molar refractivity (Wildman–Crippen MR) is 71.1 cm³/mol. The van der Waals surface area contributed by atoms with Crippen LogP contribution < -0.4 is 10.6 Å². The Hall–Kier alpha value is -2.70. The smallest absolute Gasteiger partial charge is 0.229 e. The molecule has 1 atom stereocenters. The Bertz CT molecular complexity index is 621. The molecule has 2 aromatic rings. The average molecular weight is 271 g/mol. The summed E-state index contributed by atoms with van der Waals surface area (Å²) in [6.07, 6.45) is 3.45. The maximum atomic E-state index is 11.9. The fourth-order valence-electron chi connectivity index (χ4n) is 2.06. The van der Waals surface area contributed by atoms with E-state index in [4.69, 9.17) is 0 Å². The van der Waals surface area contributed by atoms with Gasteiger partial charge >= 0.3 is 0 Å². The second-order valence-corrected chi connectivity index (χ2v) is 4.56. The Morgan fingerprint density at radius 3 is 2.55 bits per heavy atom. The molecule has 0 aliphatic carbocycles. The van der Waals surface area contributed by atoms with Gasteiger partial charge in [0.2, 0.25) is 11.8 Å². The van der Waals surface area contributed by atoms with E-state index in [-0.39, 0.29) is 24.2 Å². The van der Waals surface area contributed by atoms with Crippen molar-refractivity contribution in [2.24, 2.45) is 5.92 Å². The van der Waals surface area contributed by atoms with E-state index in [1.807, 2.05) is 12.1 Å². The van der Waals surface area contributed by atoms with E-state index in [2.05, 4.69) is 20.8 Å². The molecule has 1 aromatic carbocycles. The van der Waals surface area contributed by atoms with Gasteiger partial charge in [0.15, 0.2) is 0 Å². The molecule has 0 bridgehead atoms. The molecule has 1 aromatic heterocycles. The molecule has 2 N–H and O–H groups in total. The third kappa shape index (κ3) is 2.51. The van der Waals surface area contributed by atoms with Crippen molar-refractivity contribution >= 4 is 17.5 Å². The first-order chi connectivity index (χ1) is 9.72. The first-order valence-electron chi connectivity index (χ1n) is 6.27. The molecule has 3 rings (SSSR count). The van der Waals surface area contributed by atoms with E-state index in [0.717, 1.165) is 5.69 Å². The fourth-order valence-corrected chi connectivity index (χ4v) is 2.06. The van der Waals surface area contributed by atoms with E-state index in [9.17, 15) is 9.59 Å². The number of carbonyl (C=O) groups is 2. The Kier molecular flexibility index (Phi) is 3.16. The van der Waals surface area contributed by atoms with Crippen LogP contribution in [-0.4, -0.2) is 33.4 Å². The lowest BCUT2D eigenvalue weighted by Gasteiger charge is -2.09. The average Bonchev–Trinajstić information content (AvgIpc) is 3.10. The standard InChI is InChI=1S/C13H13N5O2/c19-12-7-9(8-14-12)13(20)17-10-1-3-11(4-2-10)18-15-5-6-16-18/h1-6,9H,7-8H2,(H,14,19)(H,17,20). The summed E-state index contributed by atoms with van der Waals surface area (Å²) in [5.74, 6) is -0.520. The van der Waals surface area contributed by atoms with Crippen molar-refractivity contribution in [1.82, 2.24) is 20.3 Å². The molecule has 102 valence electrons. The molecule has 1 fully saturated rings. The number of nitrogens with one attached hydrogen (secondary N) is 2. The van der Waals surface area contributed by atoms with Crippen LogP contribution in [0.4, 0.5) is 5.69 Å². The minimum absolute atomic E-state index is 0.0785. The minimum atomic E-state index is -0.296. The Morgan fingerprint density at radius 2 is 1.95 bits per heavy atom. The summed E-state index contributed by atoms with van der Waals surface area (Å²) < 4.78 is 0. The van der Waals surface area contributed by atoms with Gasteiger partial charge in [-0.25, -0.2) is 0 Å². The molecular formula is C13H13N5O2. The van der Waals surface area contributed by atoms with Crippen LogP contribution >= 0.6 is 0 Å². The number of carbonyl (C=O) groups excluding carboxylic acids is 2. The van der Waals surface area contributed by atoms with E-state index in [0.29, 0.717) is 12.2 Å². The number of amides is 2. The number of rotatable bonds is 3. The number of hydrogen-bond donors (Lipinski definition) is 2. The van der Waals surface area contributed by atoms with Crippen LogP contribution in [0.15, 0.2) is 36.7 Å². The Labute approximate surface area is 115 Å². The third-order valence-electron chi connectivity index (χ3n) is 3.13. The van der Waals surface area contributed by atoms with Crippen molar-refractivity contribution in [3.8, 4) is 5.69 Å². The van der Waals surface area contributed by atoms with Crippen molar-refractivity contribution in [1.29, 1.82) is 0 Å².